The number of sulfonamides is 1. The summed E-state index contributed by atoms with van der Waals surface area (Å²) in [7, 11) is -4.21. The molecule has 0 unspecified atom stereocenters. The van der Waals surface area contributed by atoms with Gasteiger partial charge in [-0.3, -0.25) is 4.79 Å². The molecule has 31 heavy (non-hydrogen) atoms. The van der Waals surface area contributed by atoms with Crippen LogP contribution in [0, 0.1) is 0 Å². The lowest BCUT2D eigenvalue weighted by atomic mass is 9.98. The largest absolute Gasteiger partial charge is 0.518 e. The number of hydrogen-bond donors (Lipinski definition) is 1. The van der Waals surface area contributed by atoms with Crippen LogP contribution in [0.15, 0.2) is 34.7 Å². The molecule has 0 spiro atoms. The molecule has 0 saturated heterocycles. The number of hydrogen-bond acceptors (Lipinski definition) is 4. The minimum absolute atomic E-state index is 0.316. The summed E-state index contributed by atoms with van der Waals surface area (Å²) in [6, 6.07) is 5.05. The van der Waals surface area contributed by atoms with E-state index in [4.69, 9.17) is 9.84 Å². The van der Waals surface area contributed by atoms with E-state index in [0.717, 1.165) is 44.5 Å². The number of halogens is 6. The van der Waals surface area contributed by atoms with Gasteiger partial charge in [-0.05, 0) is 22.9 Å². The molecule has 2 aromatic carbocycles. The number of aliphatic carboxylic acids is 1. The number of carboxylic acid groups (broad SMARTS) is 1. The number of rotatable bonds is 5. The first kappa shape index (κ1) is 24.2. The minimum atomic E-state index is -6.14. The Hall–Kier alpha value is -3.03. The van der Waals surface area contributed by atoms with Crippen molar-refractivity contribution in [3.05, 3.63) is 41.5 Å². The Bertz CT molecular complexity index is 1140. The molecule has 0 heterocycles. The molecule has 0 amide bonds. The Labute approximate surface area is 171 Å². The molecule has 0 aromatic heterocycles. The molecule has 0 radical (unpaired) electrons. The number of likely N-dealkylation sites (N-methyl/N-ethyl adjacent to an activating group) is 1. The van der Waals surface area contributed by atoms with Gasteiger partial charge in [0.15, 0.2) is 0 Å². The van der Waals surface area contributed by atoms with Crippen molar-refractivity contribution in [2.45, 2.75) is 11.7 Å². The van der Waals surface area contributed by atoms with Crippen molar-refractivity contribution >= 4 is 32.6 Å². The van der Waals surface area contributed by atoms with E-state index < -0.39 is 62.3 Å². The van der Waals surface area contributed by atoms with Gasteiger partial charge < -0.3 is 14.7 Å². The van der Waals surface area contributed by atoms with E-state index in [-0.39, 0.29) is 5.39 Å². The number of carboxylic acids is 1. The van der Waals surface area contributed by atoms with E-state index in [2.05, 4.69) is 4.40 Å². The number of fused-ring (bicyclic) bond motifs is 1. The van der Waals surface area contributed by atoms with Crippen LogP contribution in [0.25, 0.3) is 10.8 Å². The van der Waals surface area contributed by atoms with Crippen molar-refractivity contribution in [1.29, 1.82) is 0 Å². The van der Waals surface area contributed by atoms with Gasteiger partial charge in [-0.1, -0.05) is 18.2 Å². The first-order chi connectivity index (χ1) is 14.1. The van der Waals surface area contributed by atoms with E-state index in [1.165, 1.54) is 0 Å². The van der Waals surface area contributed by atoms with E-state index in [9.17, 15) is 39.6 Å². The number of amidine groups is 1. The van der Waals surface area contributed by atoms with Gasteiger partial charge in [-0.25, -0.2) is 0 Å². The first-order valence-electron chi connectivity index (χ1n) is 8.11. The molecule has 0 atom stereocenters. The summed E-state index contributed by atoms with van der Waals surface area (Å²) in [5.74, 6) is -3.11. The standard InChI is InChI=1S/C17H14F6N2O5S/c1-25(8-13(26)27)15(24-31(28,29)17(21,22)23)11-5-3-4-10-9(11)6-7-12(30-2)14(10)16(18,19)20/h3-7H,8H2,1-2H3,(H,26,27)/b24-15-. The monoisotopic (exact) mass is 472 g/mol. The molecule has 0 bridgehead atoms. The van der Waals surface area contributed by atoms with Gasteiger partial charge in [0.25, 0.3) is 0 Å². The maximum Gasteiger partial charge on any atom is 0.518 e. The number of methoxy groups -OCH3 is 1. The summed E-state index contributed by atoms with van der Waals surface area (Å²) in [6.07, 6.45) is -4.92. The quantitative estimate of drug-likeness (QED) is 0.407. The average molecular weight is 472 g/mol. The number of ether oxygens (including phenoxy) is 1. The molecule has 2 aromatic rings. The van der Waals surface area contributed by atoms with Gasteiger partial charge in [0, 0.05) is 12.6 Å². The topological polar surface area (TPSA) is 96.3 Å². The minimum Gasteiger partial charge on any atom is -0.496 e. The third-order valence-electron chi connectivity index (χ3n) is 4.00. The van der Waals surface area contributed by atoms with Crippen molar-refractivity contribution in [3.8, 4) is 5.75 Å². The average Bonchev–Trinajstić information content (AvgIpc) is 2.62. The Morgan fingerprint density at radius 3 is 2.19 bits per heavy atom. The predicted molar refractivity (Wildman–Crippen MR) is 97.3 cm³/mol. The molecule has 0 fully saturated rings. The summed E-state index contributed by atoms with van der Waals surface area (Å²) in [5.41, 5.74) is -7.51. The molecule has 0 aliphatic heterocycles. The summed E-state index contributed by atoms with van der Waals surface area (Å²) < 4.78 is 110. The molecule has 2 rings (SSSR count). The van der Waals surface area contributed by atoms with Gasteiger partial charge in [0.1, 0.15) is 23.7 Å². The van der Waals surface area contributed by atoms with Crippen LogP contribution < -0.4 is 4.74 Å². The second-order valence-corrected chi connectivity index (χ2v) is 7.72. The van der Waals surface area contributed by atoms with Crippen LogP contribution in [0.4, 0.5) is 26.3 Å². The Kier molecular flexibility index (Phi) is 6.45. The van der Waals surface area contributed by atoms with Crippen LogP contribution in [0.5, 0.6) is 5.75 Å². The highest BCUT2D eigenvalue weighted by molar-refractivity contribution is 7.91. The maximum absolute atomic E-state index is 13.6. The van der Waals surface area contributed by atoms with E-state index in [1.807, 2.05) is 0 Å². The van der Waals surface area contributed by atoms with Crippen LogP contribution in [0.1, 0.15) is 11.1 Å². The lowest BCUT2D eigenvalue weighted by Crippen LogP contribution is -2.35. The zero-order valence-electron chi connectivity index (χ0n) is 15.7. The van der Waals surface area contributed by atoms with Gasteiger partial charge in [-0.15, -0.1) is 4.40 Å². The Balaban J connectivity index is 2.93. The highest BCUT2D eigenvalue weighted by Gasteiger charge is 2.47. The highest BCUT2D eigenvalue weighted by atomic mass is 32.2. The predicted octanol–water partition coefficient (Wildman–Crippen LogP) is 3.48. The number of benzene rings is 2. The molecular weight excluding hydrogens is 458 g/mol. The summed E-state index contributed by atoms with van der Waals surface area (Å²) in [5, 5.41) is 8.11. The molecule has 1 N–H and O–H groups in total. The SMILES string of the molecule is COc1ccc2c(/C(=N/S(=O)(=O)C(F)(F)F)N(C)CC(=O)O)cccc2c1C(F)(F)F. The maximum atomic E-state index is 13.6. The van der Waals surface area contributed by atoms with Crippen LogP contribution in [0.3, 0.4) is 0 Å². The zero-order valence-corrected chi connectivity index (χ0v) is 16.6. The van der Waals surface area contributed by atoms with Crippen molar-refractivity contribution in [1.82, 2.24) is 4.90 Å². The lowest BCUT2D eigenvalue weighted by Gasteiger charge is -2.22. The summed E-state index contributed by atoms with van der Waals surface area (Å²) in [4.78, 5) is 11.6. The number of carbonyl (C=O) groups is 1. The zero-order chi connectivity index (χ0) is 23.8. The summed E-state index contributed by atoms with van der Waals surface area (Å²) in [6.45, 7) is -0.981. The van der Waals surface area contributed by atoms with Crippen LogP contribution in [-0.2, 0) is 21.0 Å². The van der Waals surface area contributed by atoms with Gasteiger partial charge in [0.05, 0.1) is 7.11 Å². The normalized spacial score (nSPS) is 13.4. The second kappa shape index (κ2) is 8.24. The van der Waals surface area contributed by atoms with Crippen molar-refractivity contribution < 1.29 is 49.4 Å². The molecule has 0 aliphatic carbocycles. The highest BCUT2D eigenvalue weighted by Crippen LogP contribution is 2.42. The van der Waals surface area contributed by atoms with Crippen molar-refractivity contribution in [3.63, 3.8) is 0 Å². The van der Waals surface area contributed by atoms with Gasteiger partial charge in [0.2, 0.25) is 0 Å². The third kappa shape index (κ3) is 5.00. The third-order valence-corrected chi connectivity index (χ3v) is 5.00. The van der Waals surface area contributed by atoms with E-state index in [1.54, 1.807) is 0 Å². The lowest BCUT2D eigenvalue weighted by molar-refractivity contribution is -0.138. The van der Waals surface area contributed by atoms with E-state index >= 15 is 0 Å². The molecule has 14 heteroatoms. The fourth-order valence-electron chi connectivity index (χ4n) is 2.76. The Morgan fingerprint density at radius 2 is 1.71 bits per heavy atom. The number of nitrogens with zero attached hydrogens (tertiary/aromatic N) is 2. The second-order valence-electron chi connectivity index (χ2n) is 6.13. The van der Waals surface area contributed by atoms with Crippen LogP contribution in [0.2, 0.25) is 0 Å². The number of alkyl halides is 6. The van der Waals surface area contributed by atoms with Crippen LogP contribution in [-0.4, -0.2) is 56.4 Å². The molecule has 0 aliphatic rings. The molecule has 0 saturated carbocycles. The smallest absolute Gasteiger partial charge is 0.496 e. The van der Waals surface area contributed by atoms with Crippen molar-refractivity contribution in [2.24, 2.45) is 4.40 Å². The molecule has 7 nitrogen and oxygen atoms in total. The Morgan fingerprint density at radius 1 is 1.10 bits per heavy atom. The van der Waals surface area contributed by atoms with E-state index in [0.29, 0.717) is 4.90 Å². The fourth-order valence-corrected chi connectivity index (χ4v) is 3.33. The summed E-state index contributed by atoms with van der Waals surface area (Å²) >= 11 is 0. The van der Waals surface area contributed by atoms with Gasteiger partial charge in [-0.2, -0.15) is 34.8 Å². The molecule has 170 valence electrons. The molecular formula is C17H14F6N2O5S. The first-order valence-corrected chi connectivity index (χ1v) is 9.55. The van der Waals surface area contributed by atoms with Crippen LogP contribution >= 0.6 is 0 Å². The fraction of sp³-hybridized carbons (Fsp3) is 0.294. The van der Waals surface area contributed by atoms with Gasteiger partial charge >= 0.3 is 27.7 Å². The van der Waals surface area contributed by atoms with Crippen molar-refractivity contribution in [2.75, 3.05) is 20.7 Å².